The van der Waals surface area contributed by atoms with Crippen molar-refractivity contribution in [2.45, 2.75) is 12.5 Å². The summed E-state index contributed by atoms with van der Waals surface area (Å²) in [6.07, 6.45) is 6.10. The molecule has 3 aromatic carbocycles. The Bertz CT molecular complexity index is 1460. The van der Waals surface area contributed by atoms with E-state index in [-0.39, 0.29) is 12.0 Å². The third-order valence-corrected chi connectivity index (χ3v) is 7.46. The molecule has 3 aromatic rings. The van der Waals surface area contributed by atoms with Crippen LogP contribution in [0.1, 0.15) is 23.6 Å². The lowest BCUT2D eigenvalue weighted by Crippen LogP contribution is -2.33. The number of rotatable bonds is 7. The molecule has 0 saturated heterocycles. The number of carboxylic acid groups (broad SMARTS) is 1. The molecule has 3 N–H and O–H groups in total. The fourth-order valence-corrected chi connectivity index (χ4v) is 5.40. The Morgan fingerprint density at radius 3 is 2.47 bits per heavy atom. The molecule has 2 aliphatic rings. The number of carbonyl (C=O) groups is 1. The van der Waals surface area contributed by atoms with Crippen molar-refractivity contribution in [2.24, 2.45) is 10.9 Å². The zero-order valence-corrected chi connectivity index (χ0v) is 22.3. The van der Waals surface area contributed by atoms with Crippen LogP contribution < -0.4 is 10.5 Å². The first-order valence-corrected chi connectivity index (χ1v) is 13.0. The monoisotopic (exact) mass is 547 g/mol. The number of hydrogen-bond donors (Lipinski definition) is 2. The number of methoxy groups -OCH3 is 1. The molecule has 2 unspecified atom stereocenters. The molecular formula is C30H27Cl2N3O3. The quantitative estimate of drug-likeness (QED) is 0.323. The Balaban J connectivity index is 1.44. The number of allylic oxidation sites excluding steroid dienone is 1. The molecule has 1 aliphatic carbocycles. The molecule has 0 amide bonds. The van der Waals surface area contributed by atoms with Crippen molar-refractivity contribution >= 4 is 40.7 Å². The van der Waals surface area contributed by atoms with Crippen molar-refractivity contribution in [3.05, 3.63) is 106 Å². The smallest absolute Gasteiger partial charge is 0.335 e. The van der Waals surface area contributed by atoms with E-state index in [1.54, 1.807) is 25.3 Å². The van der Waals surface area contributed by atoms with E-state index in [1.165, 1.54) is 0 Å². The summed E-state index contributed by atoms with van der Waals surface area (Å²) in [6, 6.07) is 19.4. The van der Waals surface area contributed by atoms with Gasteiger partial charge in [-0.15, -0.1) is 0 Å². The standard InChI is InChI=1S/C30H27Cl2N3O3/c1-38-28-14-22(10-13-26(28)33)19-6-8-20(9-7-19)29-34-27(24-12-11-23(31)15-25(24)32)17-35(29)16-18-2-4-21(5-3-18)30(36)37/h2,4-15,18,27H,3,16-17,33H2,1H3,(H,36,37). The molecule has 2 atom stereocenters. The number of nitrogens with zero attached hydrogens (tertiary/aromatic N) is 2. The summed E-state index contributed by atoms with van der Waals surface area (Å²) in [5, 5.41) is 10.4. The first-order chi connectivity index (χ1) is 18.3. The molecule has 5 rings (SSSR count). The van der Waals surface area contributed by atoms with Gasteiger partial charge in [-0.2, -0.15) is 0 Å². The molecule has 8 heteroatoms. The van der Waals surface area contributed by atoms with Crippen LogP contribution in [0.2, 0.25) is 10.0 Å². The third kappa shape index (κ3) is 5.42. The summed E-state index contributed by atoms with van der Waals surface area (Å²) in [5.74, 6) is 0.786. The molecule has 0 radical (unpaired) electrons. The maximum atomic E-state index is 11.3. The Hall–Kier alpha value is -3.74. The second kappa shape index (κ2) is 10.9. The van der Waals surface area contributed by atoms with Crippen LogP contribution >= 0.6 is 23.2 Å². The number of nitrogens with two attached hydrogens (primary N) is 1. The maximum Gasteiger partial charge on any atom is 0.335 e. The Morgan fingerprint density at radius 2 is 1.82 bits per heavy atom. The van der Waals surface area contributed by atoms with E-state index in [1.807, 2.05) is 36.4 Å². The molecule has 6 nitrogen and oxygen atoms in total. The molecule has 0 saturated carbocycles. The number of aliphatic imine (C=N–C) groups is 1. The summed E-state index contributed by atoms with van der Waals surface area (Å²) in [5.41, 5.74) is 10.9. The minimum Gasteiger partial charge on any atom is -0.495 e. The lowest BCUT2D eigenvalue weighted by Gasteiger charge is -2.26. The van der Waals surface area contributed by atoms with Crippen molar-refractivity contribution in [2.75, 3.05) is 25.9 Å². The van der Waals surface area contributed by atoms with Gasteiger partial charge in [0, 0.05) is 28.7 Å². The largest absolute Gasteiger partial charge is 0.495 e. The summed E-state index contributed by atoms with van der Waals surface area (Å²) < 4.78 is 5.38. The van der Waals surface area contributed by atoms with Crippen molar-refractivity contribution in [1.29, 1.82) is 0 Å². The number of aliphatic carboxylic acids is 1. The lowest BCUT2D eigenvalue weighted by atomic mass is 9.95. The van der Waals surface area contributed by atoms with Gasteiger partial charge in [0.25, 0.3) is 0 Å². The second-order valence-electron chi connectivity index (χ2n) is 9.39. The molecule has 0 aromatic heterocycles. The number of amidine groups is 1. The highest BCUT2D eigenvalue weighted by atomic mass is 35.5. The minimum absolute atomic E-state index is 0.145. The van der Waals surface area contributed by atoms with Crippen LogP contribution in [-0.4, -0.2) is 42.0 Å². The van der Waals surface area contributed by atoms with Crippen molar-refractivity contribution in [1.82, 2.24) is 4.90 Å². The predicted molar refractivity (Wildman–Crippen MR) is 153 cm³/mol. The van der Waals surface area contributed by atoms with Gasteiger partial charge in [-0.1, -0.05) is 77.8 Å². The van der Waals surface area contributed by atoms with Gasteiger partial charge in [0.2, 0.25) is 0 Å². The third-order valence-electron chi connectivity index (χ3n) is 6.89. The van der Waals surface area contributed by atoms with Gasteiger partial charge in [0.15, 0.2) is 0 Å². The van der Waals surface area contributed by atoms with E-state index in [2.05, 4.69) is 29.2 Å². The maximum absolute atomic E-state index is 11.3. The van der Waals surface area contributed by atoms with E-state index < -0.39 is 5.97 Å². The van der Waals surface area contributed by atoms with E-state index in [9.17, 15) is 9.90 Å². The number of benzene rings is 3. The topological polar surface area (TPSA) is 88.1 Å². The van der Waals surface area contributed by atoms with Crippen LogP contribution in [0.3, 0.4) is 0 Å². The summed E-state index contributed by atoms with van der Waals surface area (Å²) >= 11 is 12.7. The average Bonchev–Trinajstić information content (AvgIpc) is 3.32. The van der Waals surface area contributed by atoms with Gasteiger partial charge in [-0.3, -0.25) is 4.99 Å². The van der Waals surface area contributed by atoms with Crippen molar-refractivity contribution < 1.29 is 14.6 Å². The Kier molecular flexibility index (Phi) is 7.45. The molecule has 0 fully saturated rings. The van der Waals surface area contributed by atoms with Crippen molar-refractivity contribution in [3.63, 3.8) is 0 Å². The number of ether oxygens (including phenoxy) is 1. The summed E-state index contributed by atoms with van der Waals surface area (Å²) in [4.78, 5) is 18.6. The van der Waals surface area contributed by atoms with E-state index in [0.29, 0.717) is 46.6 Å². The second-order valence-corrected chi connectivity index (χ2v) is 10.2. The normalized spacial score (nSPS) is 18.8. The molecule has 1 heterocycles. The van der Waals surface area contributed by atoms with Gasteiger partial charge in [0.05, 0.1) is 24.4 Å². The van der Waals surface area contributed by atoms with Gasteiger partial charge < -0.3 is 20.5 Å². The number of hydrogen-bond acceptors (Lipinski definition) is 5. The van der Waals surface area contributed by atoms with Gasteiger partial charge >= 0.3 is 5.97 Å². The summed E-state index contributed by atoms with van der Waals surface area (Å²) in [7, 11) is 1.61. The molecule has 194 valence electrons. The van der Waals surface area contributed by atoms with E-state index >= 15 is 0 Å². The number of anilines is 1. The SMILES string of the molecule is COc1cc(-c2ccc(C3=NC(c4ccc(Cl)cc4Cl)CN3CC3C=CC(C(=O)O)=CC3)cc2)ccc1N. The zero-order chi connectivity index (χ0) is 26.8. The lowest BCUT2D eigenvalue weighted by molar-refractivity contribution is -0.132. The molecule has 0 bridgehead atoms. The zero-order valence-electron chi connectivity index (χ0n) is 20.8. The predicted octanol–water partition coefficient (Wildman–Crippen LogP) is 6.64. The minimum atomic E-state index is -0.903. The van der Waals surface area contributed by atoms with Crippen molar-refractivity contribution in [3.8, 4) is 16.9 Å². The van der Waals surface area contributed by atoms with Gasteiger partial charge in [-0.05, 0) is 53.3 Å². The molecule has 0 spiro atoms. The van der Waals surface area contributed by atoms with Gasteiger partial charge in [0.1, 0.15) is 11.6 Å². The number of halogens is 2. The first-order valence-electron chi connectivity index (χ1n) is 12.3. The van der Waals surface area contributed by atoms with Crippen LogP contribution in [0.15, 0.2) is 89.5 Å². The first kappa shape index (κ1) is 25.9. The van der Waals surface area contributed by atoms with Gasteiger partial charge in [-0.25, -0.2) is 4.79 Å². The molecular weight excluding hydrogens is 521 g/mol. The number of nitrogen functional groups attached to an aromatic ring is 1. The van der Waals surface area contributed by atoms with Crippen LogP contribution in [0.25, 0.3) is 11.1 Å². The van der Waals surface area contributed by atoms with Crippen LogP contribution in [-0.2, 0) is 4.79 Å². The highest BCUT2D eigenvalue weighted by molar-refractivity contribution is 6.35. The van der Waals surface area contributed by atoms with E-state index in [0.717, 1.165) is 28.1 Å². The fraction of sp³-hybridized carbons (Fsp3) is 0.200. The highest BCUT2D eigenvalue weighted by Crippen LogP contribution is 2.35. The van der Waals surface area contributed by atoms with Crippen LogP contribution in [0.4, 0.5) is 5.69 Å². The Morgan fingerprint density at radius 1 is 1.08 bits per heavy atom. The fourth-order valence-electron chi connectivity index (χ4n) is 4.87. The molecule has 1 aliphatic heterocycles. The molecule has 38 heavy (non-hydrogen) atoms. The van der Waals surface area contributed by atoms with E-state index in [4.69, 9.17) is 38.7 Å². The van der Waals surface area contributed by atoms with Crippen LogP contribution in [0.5, 0.6) is 5.75 Å². The van der Waals surface area contributed by atoms with Crippen LogP contribution in [0, 0.1) is 5.92 Å². The number of carboxylic acids is 1. The Labute approximate surface area is 231 Å². The summed E-state index contributed by atoms with van der Waals surface area (Å²) in [6.45, 7) is 1.37. The highest BCUT2D eigenvalue weighted by Gasteiger charge is 2.30. The average molecular weight is 548 g/mol.